The number of hydrogen-bond acceptors (Lipinski definition) is 4. The van der Waals surface area contributed by atoms with Gasteiger partial charge in [0.1, 0.15) is 0 Å². The van der Waals surface area contributed by atoms with Gasteiger partial charge in [0.2, 0.25) is 16.1 Å². The van der Waals surface area contributed by atoms with Crippen molar-refractivity contribution in [1.82, 2.24) is 9.97 Å². The van der Waals surface area contributed by atoms with Crippen molar-refractivity contribution in [3.05, 3.63) is 26.2 Å². The maximum Gasteiger partial charge on any atom is 0.440 e. The average molecular weight is 262 g/mol. The van der Waals surface area contributed by atoms with E-state index in [9.17, 15) is 23.3 Å². The van der Waals surface area contributed by atoms with Gasteiger partial charge in [-0.05, 0) is 11.6 Å². The van der Waals surface area contributed by atoms with Crippen LogP contribution in [-0.2, 0) is 6.18 Å². The Kier molecular flexibility index (Phi) is 3.00. The van der Waals surface area contributed by atoms with Crippen LogP contribution in [0.5, 0.6) is 0 Å². The fourth-order valence-corrected chi connectivity index (χ4v) is 1.21. The van der Waals surface area contributed by atoms with Gasteiger partial charge in [-0.1, -0.05) is 11.6 Å². The van der Waals surface area contributed by atoms with Gasteiger partial charge in [-0.3, -0.25) is 10.1 Å². The molecule has 10 heteroatoms. The molecule has 0 aromatic carbocycles. The highest BCUT2D eigenvalue weighted by Gasteiger charge is 2.43. The molecule has 1 aromatic heterocycles. The Balaban J connectivity index is 3.54. The molecule has 0 aliphatic carbocycles. The van der Waals surface area contributed by atoms with Gasteiger partial charge < -0.3 is 0 Å². The summed E-state index contributed by atoms with van der Waals surface area (Å²) >= 11 is 10.3. The molecule has 0 fully saturated rings. The van der Waals surface area contributed by atoms with E-state index in [1.54, 1.807) is 0 Å². The van der Waals surface area contributed by atoms with Crippen molar-refractivity contribution in [2.24, 2.45) is 0 Å². The fraction of sp³-hybridized carbons (Fsp3) is 0.200. The smallest absolute Gasteiger partial charge is 0.258 e. The molecular formula is C5Cl2F3N3O2. The largest absolute Gasteiger partial charge is 0.440 e. The number of halogens is 5. The van der Waals surface area contributed by atoms with Gasteiger partial charge >= 0.3 is 11.9 Å². The first kappa shape index (κ1) is 11.9. The van der Waals surface area contributed by atoms with E-state index >= 15 is 0 Å². The third kappa shape index (κ3) is 2.45. The van der Waals surface area contributed by atoms with Crippen molar-refractivity contribution < 1.29 is 18.1 Å². The average Bonchev–Trinajstić information content (AvgIpc) is 1.99. The fourth-order valence-electron chi connectivity index (χ4n) is 0.761. The highest BCUT2D eigenvalue weighted by atomic mass is 35.5. The summed E-state index contributed by atoms with van der Waals surface area (Å²) in [5, 5.41) is 8.54. The Bertz CT molecular complexity index is 423. The van der Waals surface area contributed by atoms with Gasteiger partial charge in [0.05, 0.1) is 4.92 Å². The first-order valence-electron chi connectivity index (χ1n) is 3.18. The SMILES string of the molecule is O=[N+]([O-])c1c(Cl)nc(Cl)nc1C(F)(F)F. The van der Waals surface area contributed by atoms with Crippen LogP contribution in [0.2, 0.25) is 10.4 Å². The molecule has 0 amide bonds. The Morgan fingerprint density at radius 2 is 1.80 bits per heavy atom. The zero-order chi connectivity index (χ0) is 11.8. The molecule has 1 heterocycles. The molecule has 0 saturated carbocycles. The van der Waals surface area contributed by atoms with Crippen molar-refractivity contribution in [2.75, 3.05) is 0 Å². The molecular weight excluding hydrogens is 262 g/mol. The lowest BCUT2D eigenvalue weighted by molar-refractivity contribution is -0.388. The van der Waals surface area contributed by atoms with Crippen LogP contribution >= 0.6 is 23.2 Å². The lowest BCUT2D eigenvalue weighted by Crippen LogP contribution is -2.13. The summed E-state index contributed by atoms with van der Waals surface area (Å²) in [4.78, 5) is 14.8. The third-order valence-corrected chi connectivity index (χ3v) is 1.70. The highest BCUT2D eigenvalue weighted by molar-refractivity contribution is 6.33. The molecule has 0 saturated heterocycles. The van der Waals surface area contributed by atoms with Gasteiger partial charge in [-0.25, -0.2) is 4.98 Å². The molecule has 0 aliphatic rings. The summed E-state index contributed by atoms with van der Waals surface area (Å²) in [6.45, 7) is 0. The summed E-state index contributed by atoms with van der Waals surface area (Å²) in [5.41, 5.74) is -3.17. The van der Waals surface area contributed by atoms with E-state index in [0.29, 0.717) is 0 Å². The standard InChI is InChI=1S/C5Cl2F3N3O2/c6-3-1(13(14)15)2(5(8,9)10)11-4(7)12-3. The van der Waals surface area contributed by atoms with Crippen LogP contribution in [-0.4, -0.2) is 14.9 Å². The predicted molar refractivity (Wildman–Crippen MR) is 43.7 cm³/mol. The van der Waals surface area contributed by atoms with Crippen LogP contribution in [0.1, 0.15) is 5.69 Å². The molecule has 0 aliphatic heterocycles. The molecule has 0 radical (unpaired) electrons. The monoisotopic (exact) mass is 261 g/mol. The molecule has 0 bridgehead atoms. The van der Waals surface area contributed by atoms with E-state index in [-0.39, 0.29) is 0 Å². The minimum absolute atomic E-state index is 0.807. The first-order chi connectivity index (χ1) is 6.73. The van der Waals surface area contributed by atoms with E-state index in [0.717, 1.165) is 0 Å². The molecule has 0 unspecified atom stereocenters. The molecule has 1 aromatic rings. The van der Waals surface area contributed by atoms with Crippen LogP contribution < -0.4 is 0 Å². The van der Waals surface area contributed by atoms with E-state index in [1.165, 1.54) is 0 Å². The summed E-state index contributed by atoms with van der Waals surface area (Å²) in [7, 11) is 0. The Morgan fingerprint density at radius 1 is 1.27 bits per heavy atom. The van der Waals surface area contributed by atoms with Crippen LogP contribution in [0, 0.1) is 10.1 Å². The molecule has 5 nitrogen and oxygen atoms in total. The Labute approximate surface area is 90.0 Å². The predicted octanol–water partition coefficient (Wildman–Crippen LogP) is 2.71. The molecule has 0 spiro atoms. The maximum atomic E-state index is 12.3. The molecule has 0 atom stereocenters. The van der Waals surface area contributed by atoms with E-state index < -0.39 is 32.9 Å². The van der Waals surface area contributed by atoms with Crippen molar-refractivity contribution in [2.45, 2.75) is 6.18 Å². The zero-order valence-corrected chi connectivity index (χ0v) is 8.06. The number of nitrogens with zero attached hydrogens (tertiary/aromatic N) is 3. The molecule has 15 heavy (non-hydrogen) atoms. The zero-order valence-electron chi connectivity index (χ0n) is 6.55. The highest BCUT2D eigenvalue weighted by Crippen LogP contribution is 2.38. The summed E-state index contributed by atoms with van der Waals surface area (Å²) in [5.74, 6) is 0. The second kappa shape index (κ2) is 3.78. The van der Waals surface area contributed by atoms with E-state index in [2.05, 4.69) is 9.97 Å². The van der Waals surface area contributed by atoms with Crippen LogP contribution in [0.15, 0.2) is 0 Å². The quantitative estimate of drug-likeness (QED) is 0.337. The topological polar surface area (TPSA) is 68.9 Å². The third-order valence-electron chi connectivity index (χ3n) is 1.27. The number of alkyl halides is 3. The van der Waals surface area contributed by atoms with Crippen LogP contribution in [0.4, 0.5) is 18.9 Å². The molecule has 0 N–H and O–H groups in total. The molecule has 82 valence electrons. The number of hydrogen-bond donors (Lipinski definition) is 0. The van der Waals surface area contributed by atoms with E-state index in [4.69, 9.17) is 23.2 Å². The summed E-state index contributed by atoms with van der Waals surface area (Å²) in [6, 6.07) is 0. The van der Waals surface area contributed by atoms with Crippen molar-refractivity contribution in [1.29, 1.82) is 0 Å². The molecule has 1 rings (SSSR count). The van der Waals surface area contributed by atoms with Gasteiger partial charge in [0.25, 0.3) is 0 Å². The maximum absolute atomic E-state index is 12.3. The lowest BCUT2D eigenvalue weighted by atomic mass is 10.3. The Morgan fingerprint density at radius 3 is 2.20 bits per heavy atom. The van der Waals surface area contributed by atoms with Gasteiger partial charge in [-0.15, -0.1) is 0 Å². The van der Waals surface area contributed by atoms with Crippen LogP contribution in [0.3, 0.4) is 0 Å². The van der Waals surface area contributed by atoms with Gasteiger partial charge in [0.15, 0.2) is 0 Å². The van der Waals surface area contributed by atoms with Crippen molar-refractivity contribution in [3.63, 3.8) is 0 Å². The normalized spacial score (nSPS) is 11.5. The van der Waals surface area contributed by atoms with E-state index in [1.807, 2.05) is 0 Å². The number of nitro groups is 1. The van der Waals surface area contributed by atoms with Crippen LogP contribution in [0.25, 0.3) is 0 Å². The van der Waals surface area contributed by atoms with Gasteiger partial charge in [0, 0.05) is 0 Å². The van der Waals surface area contributed by atoms with Gasteiger partial charge in [-0.2, -0.15) is 18.2 Å². The second-order valence-electron chi connectivity index (χ2n) is 2.24. The minimum Gasteiger partial charge on any atom is -0.258 e. The number of rotatable bonds is 1. The Hall–Kier alpha value is -1.15. The minimum atomic E-state index is -5.02. The van der Waals surface area contributed by atoms with Crippen molar-refractivity contribution in [3.8, 4) is 0 Å². The summed E-state index contributed by atoms with van der Waals surface area (Å²) in [6.07, 6.45) is -5.02. The number of aromatic nitrogens is 2. The summed E-state index contributed by atoms with van der Waals surface area (Å²) < 4.78 is 36.8. The van der Waals surface area contributed by atoms with Crippen molar-refractivity contribution >= 4 is 28.9 Å². The first-order valence-corrected chi connectivity index (χ1v) is 3.93. The lowest BCUT2D eigenvalue weighted by Gasteiger charge is -2.06. The second-order valence-corrected chi connectivity index (χ2v) is 2.93.